The zero-order chi connectivity index (χ0) is 22.0. The number of nitrogens with one attached hydrogen (secondary N) is 1. The Bertz CT molecular complexity index is 1320. The van der Waals surface area contributed by atoms with Crippen LogP contribution in [0, 0.1) is 6.92 Å². The van der Waals surface area contributed by atoms with Gasteiger partial charge in [0, 0.05) is 5.56 Å². The van der Waals surface area contributed by atoms with Crippen LogP contribution < -0.4 is 9.46 Å². The van der Waals surface area contributed by atoms with Gasteiger partial charge in [-0.15, -0.1) is 0 Å². The number of ether oxygens (including phenoxy) is 1. The number of anilines is 1. The van der Waals surface area contributed by atoms with Crippen molar-refractivity contribution in [2.45, 2.75) is 11.8 Å². The summed E-state index contributed by atoms with van der Waals surface area (Å²) in [4.78, 5) is 0.123. The summed E-state index contributed by atoms with van der Waals surface area (Å²) in [7, 11) is -2.38. The van der Waals surface area contributed by atoms with Crippen molar-refractivity contribution in [3.8, 4) is 28.0 Å². The van der Waals surface area contributed by atoms with Gasteiger partial charge < -0.3 is 9.26 Å². The highest BCUT2D eigenvalue weighted by Gasteiger charge is 2.24. The van der Waals surface area contributed by atoms with E-state index in [1.54, 1.807) is 38.3 Å². The molecule has 0 saturated heterocycles. The Morgan fingerprint density at radius 3 is 2.23 bits per heavy atom. The van der Waals surface area contributed by atoms with Gasteiger partial charge in [-0.25, -0.2) is 13.1 Å². The smallest absolute Gasteiger partial charge is 0.264 e. The molecule has 0 aliphatic heterocycles. The first-order chi connectivity index (χ1) is 14.9. The molecule has 0 unspecified atom stereocenters. The molecule has 1 N–H and O–H groups in total. The van der Waals surface area contributed by atoms with Gasteiger partial charge in [0.05, 0.1) is 17.7 Å². The lowest BCUT2D eigenvalue weighted by Crippen LogP contribution is -2.14. The summed E-state index contributed by atoms with van der Waals surface area (Å²) in [5, 5.41) is 3.78. The van der Waals surface area contributed by atoms with E-state index < -0.39 is 10.0 Å². The molecule has 0 spiro atoms. The van der Waals surface area contributed by atoms with E-state index in [1.165, 1.54) is 0 Å². The van der Waals surface area contributed by atoms with Crippen LogP contribution in [0.4, 0.5) is 5.88 Å². The maximum Gasteiger partial charge on any atom is 0.264 e. The molecule has 4 aromatic rings. The summed E-state index contributed by atoms with van der Waals surface area (Å²) in [6, 6.07) is 22.3. The van der Waals surface area contributed by atoms with E-state index in [0.717, 1.165) is 16.7 Å². The van der Waals surface area contributed by atoms with Crippen molar-refractivity contribution in [2.24, 2.45) is 0 Å². The Hall–Kier alpha value is -3.10. The first-order valence-corrected chi connectivity index (χ1v) is 11.6. The van der Waals surface area contributed by atoms with Crippen LogP contribution in [-0.4, -0.2) is 20.7 Å². The Morgan fingerprint density at radius 2 is 1.61 bits per heavy atom. The number of benzene rings is 3. The molecule has 8 heteroatoms. The van der Waals surface area contributed by atoms with E-state index in [9.17, 15) is 8.42 Å². The Kier molecular flexibility index (Phi) is 5.84. The minimum Gasteiger partial charge on any atom is -0.497 e. The molecule has 0 aliphatic rings. The standard InChI is InChI=1S/C23H19BrN2O4S/c1-15-22(24)23(30-25-15)26-31(27,28)21-13-10-18(16-6-4-3-5-7-16)14-20(21)17-8-11-19(29-2)12-9-17/h3-14,26H,1-2H3. The van der Waals surface area contributed by atoms with Gasteiger partial charge in [0.1, 0.15) is 10.2 Å². The number of rotatable bonds is 6. The molecule has 0 amide bonds. The van der Waals surface area contributed by atoms with Crippen molar-refractivity contribution in [1.82, 2.24) is 5.16 Å². The number of halogens is 1. The average molecular weight is 499 g/mol. The molecular formula is C23H19BrN2O4S. The van der Waals surface area contributed by atoms with E-state index in [-0.39, 0.29) is 10.8 Å². The molecular weight excluding hydrogens is 480 g/mol. The molecule has 6 nitrogen and oxygen atoms in total. The van der Waals surface area contributed by atoms with Gasteiger partial charge in [0.25, 0.3) is 15.9 Å². The number of hydrogen-bond acceptors (Lipinski definition) is 5. The molecule has 0 fully saturated rings. The molecule has 31 heavy (non-hydrogen) atoms. The van der Waals surface area contributed by atoms with Crippen molar-refractivity contribution >= 4 is 31.8 Å². The molecule has 3 aromatic carbocycles. The zero-order valence-corrected chi connectivity index (χ0v) is 19.2. The van der Waals surface area contributed by atoms with E-state index in [2.05, 4.69) is 25.8 Å². The summed E-state index contributed by atoms with van der Waals surface area (Å²) < 4.78 is 39.9. The molecule has 1 aromatic heterocycles. The number of hydrogen-bond donors (Lipinski definition) is 1. The maximum atomic E-state index is 13.3. The number of aryl methyl sites for hydroxylation is 1. The van der Waals surface area contributed by atoms with Crippen molar-refractivity contribution in [3.05, 3.63) is 83.0 Å². The fraction of sp³-hybridized carbons (Fsp3) is 0.0870. The second-order valence-electron chi connectivity index (χ2n) is 6.82. The highest BCUT2D eigenvalue weighted by molar-refractivity contribution is 9.10. The van der Waals surface area contributed by atoms with E-state index in [1.807, 2.05) is 48.5 Å². The number of aromatic nitrogens is 1. The zero-order valence-electron chi connectivity index (χ0n) is 16.8. The summed E-state index contributed by atoms with van der Waals surface area (Å²) in [5.74, 6) is 0.719. The summed E-state index contributed by atoms with van der Waals surface area (Å²) in [5.41, 5.74) is 3.74. The first kappa shape index (κ1) is 21.1. The number of nitrogens with zero attached hydrogens (tertiary/aromatic N) is 1. The van der Waals surface area contributed by atoms with Gasteiger partial charge in [-0.1, -0.05) is 53.7 Å². The fourth-order valence-electron chi connectivity index (χ4n) is 3.17. The lowest BCUT2D eigenvalue weighted by molar-refractivity contribution is 0.415. The largest absolute Gasteiger partial charge is 0.497 e. The minimum absolute atomic E-state index is 0.0327. The lowest BCUT2D eigenvalue weighted by Gasteiger charge is -2.14. The van der Waals surface area contributed by atoms with Crippen LogP contribution >= 0.6 is 15.9 Å². The van der Waals surface area contributed by atoms with Crippen LogP contribution in [0.2, 0.25) is 0 Å². The van der Waals surface area contributed by atoms with Crippen LogP contribution in [0.25, 0.3) is 22.3 Å². The average Bonchev–Trinajstić information content (AvgIpc) is 3.11. The lowest BCUT2D eigenvalue weighted by atomic mass is 9.99. The van der Waals surface area contributed by atoms with Crippen LogP contribution in [0.3, 0.4) is 0 Å². The Balaban J connectivity index is 1.85. The van der Waals surface area contributed by atoms with Crippen molar-refractivity contribution in [1.29, 1.82) is 0 Å². The van der Waals surface area contributed by atoms with Gasteiger partial charge in [0.15, 0.2) is 0 Å². The summed E-state index contributed by atoms with van der Waals surface area (Å²) >= 11 is 3.30. The second kappa shape index (κ2) is 8.56. The molecule has 0 radical (unpaired) electrons. The quantitative estimate of drug-likeness (QED) is 0.358. The molecule has 1 heterocycles. The van der Waals surface area contributed by atoms with Gasteiger partial charge in [-0.05, 0) is 63.8 Å². The number of methoxy groups -OCH3 is 1. The fourth-order valence-corrected chi connectivity index (χ4v) is 4.75. The van der Waals surface area contributed by atoms with E-state index in [4.69, 9.17) is 9.26 Å². The molecule has 4 rings (SSSR count). The SMILES string of the molecule is COc1ccc(-c2cc(-c3ccccc3)ccc2S(=O)(=O)Nc2onc(C)c2Br)cc1. The first-order valence-electron chi connectivity index (χ1n) is 9.37. The molecule has 0 aliphatic carbocycles. The number of sulfonamides is 1. The molecule has 0 saturated carbocycles. The van der Waals surface area contributed by atoms with Crippen molar-refractivity contribution in [2.75, 3.05) is 11.8 Å². The van der Waals surface area contributed by atoms with Crippen molar-refractivity contribution < 1.29 is 17.7 Å². The van der Waals surface area contributed by atoms with Crippen LogP contribution in [-0.2, 0) is 10.0 Å². The predicted octanol–water partition coefficient (Wildman–Crippen LogP) is 5.89. The maximum absolute atomic E-state index is 13.3. The monoisotopic (exact) mass is 498 g/mol. The highest BCUT2D eigenvalue weighted by atomic mass is 79.9. The third-order valence-corrected chi connectivity index (χ3v) is 7.12. The minimum atomic E-state index is -3.96. The second-order valence-corrected chi connectivity index (χ2v) is 9.27. The summed E-state index contributed by atoms with van der Waals surface area (Å²) in [6.45, 7) is 1.71. The normalized spacial score (nSPS) is 11.3. The van der Waals surface area contributed by atoms with Crippen molar-refractivity contribution in [3.63, 3.8) is 0 Å². The van der Waals surface area contributed by atoms with Crippen LogP contribution in [0.1, 0.15) is 5.69 Å². The third kappa shape index (κ3) is 4.35. The summed E-state index contributed by atoms with van der Waals surface area (Å²) in [6.07, 6.45) is 0. The molecule has 158 valence electrons. The van der Waals surface area contributed by atoms with Crippen LogP contribution in [0.5, 0.6) is 5.75 Å². The predicted molar refractivity (Wildman–Crippen MR) is 124 cm³/mol. The Morgan fingerprint density at radius 1 is 0.935 bits per heavy atom. The molecule has 0 bridgehead atoms. The highest BCUT2D eigenvalue weighted by Crippen LogP contribution is 2.35. The van der Waals surface area contributed by atoms with Gasteiger partial charge >= 0.3 is 0 Å². The molecule has 0 atom stereocenters. The van der Waals surface area contributed by atoms with Gasteiger partial charge in [0.2, 0.25) is 0 Å². The van der Waals surface area contributed by atoms with Crippen LogP contribution in [0.15, 0.2) is 86.7 Å². The Labute approximate surface area is 189 Å². The van der Waals surface area contributed by atoms with Gasteiger partial charge in [-0.2, -0.15) is 0 Å². The van der Waals surface area contributed by atoms with Gasteiger partial charge in [-0.3, -0.25) is 0 Å². The third-order valence-electron chi connectivity index (χ3n) is 4.80. The van der Waals surface area contributed by atoms with E-state index >= 15 is 0 Å². The topological polar surface area (TPSA) is 81.4 Å². The van der Waals surface area contributed by atoms with E-state index in [0.29, 0.717) is 21.5 Å².